The molecule has 1 aliphatic heterocycles. The minimum atomic E-state index is -0.355. The summed E-state index contributed by atoms with van der Waals surface area (Å²) in [5, 5.41) is 0. The van der Waals surface area contributed by atoms with E-state index in [0.29, 0.717) is 23.4 Å². The second kappa shape index (κ2) is 5.46. The summed E-state index contributed by atoms with van der Waals surface area (Å²) in [7, 11) is 0. The summed E-state index contributed by atoms with van der Waals surface area (Å²) in [6, 6.07) is 0. The molecule has 3 nitrogen and oxygen atoms in total. The Labute approximate surface area is 147 Å². The first-order valence-corrected chi connectivity index (χ1v) is 9.78. The maximum absolute atomic E-state index is 11.8. The van der Waals surface area contributed by atoms with Gasteiger partial charge in [-0.1, -0.05) is 27.2 Å². The number of hydrogen-bond acceptors (Lipinski definition) is 3. The van der Waals surface area contributed by atoms with Gasteiger partial charge in [-0.2, -0.15) is 0 Å². The number of fused-ring (bicyclic) bond motifs is 1. The average molecular weight is 337 g/mol. The molecule has 3 aliphatic rings. The normalized spacial score (nSPS) is 46.0. The second-order valence-corrected chi connectivity index (χ2v) is 10.3. The van der Waals surface area contributed by atoms with Crippen LogP contribution in [0.1, 0.15) is 87.0 Å². The standard InChI is InChI=1S/C21H36O3/c1-14(22)23-21(7)12-9-15-18(2,3)10-8-11-20(15,6)16(21)13-17-19(4,5)24-17/h15-17H,8-13H2,1-7H3/t15-,16+,17+,20-,21+/m0/s1. The van der Waals surface area contributed by atoms with Crippen LogP contribution in [-0.2, 0) is 14.3 Å². The summed E-state index contributed by atoms with van der Waals surface area (Å²) in [5.74, 6) is 0.934. The molecule has 0 aromatic rings. The molecule has 0 amide bonds. The van der Waals surface area contributed by atoms with Crippen molar-refractivity contribution in [2.75, 3.05) is 0 Å². The molecule has 24 heavy (non-hydrogen) atoms. The highest BCUT2D eigenvalue weighted by molar-refractivity contribution is 5.66. The van der Waals surface area contributed by atoms with E-state index in [0.717, 1.165) is 12.8 Å². The number of carbonyl (C=O) groups is 1. The van der Waals surface area contributed by atoms with Gasteiger partial charge in [0.05, 0.1) is 11.7 Å². The Morgan fingerprint density at radius 2 is 1.71 bits per heavy atom. The van der Waals surface area contributed by atoms with Gasteiger partial charge in [0.25, 0.3) is 0 Å². The third-order valence-corrected chi connectivity index (χ3v) is 7.73. The van der Waals surface area contributed by atoms with Crippen LogP contribution in [0.15, 0.2) is 0 Å². The van der Waals surface area contributed by atoms with Gasteiger partial charge < -0.3 is 9.47 Å². The SMILES string of the molecule is CC(=O)O[C@]1(C)CC[C@H]2C(C)(C)CCC[C@]2(C)[C@H]1C[C@H]1OC1(C)C. The Balaban J connectivity index is 1.94. The number of hydrogen-bond donors (Lipinski definition) is 0. The summed E-state index contributed by atoms with van der Waals surface area (Å²) < 4.78 is 11.9. The van der Waals surface area contributed by atoms with E-state index in [2.05, 4.69) is 41.5 Å². The van der Waals surface area contributed by atoms with E-state index in [-0.39, 0.29) is 22.6 Å². The monoisotopic (exact) mass is 336 g/mol. The summed E-state index contributed by atoms with van der Waals surface area (Å²) in [4.78, 5) is 11.8. The molecule has 138 valence electrons. The Morgan fingerprint density at radius 3 is 2.25 bits per heavy atom. The predicted molar refractivity (Wildman–Crippen MR) is 95.7 cm³/mol. The molecular weight excluding hydrogens is 300 g/mol. The van der Waals surface area contributed by atoms with Crippen LogP contribution < -0.4 is 0 Å². The molecule has 3 rings (SSSR count). The number of rotatable bonds is 3. The maximum Gasteiger partial charge on any atom is 0.303 e. The van der Waals surface area contributed by atoms with E-state index >= 15 is 0 Å². The highest BCUT2D eigenvalue weighted by Gasteiger charge is 2.62. The zero-order chi connectivity index (χ0) is 18.0. The van der Waals surface area contributed by atoms with Crippen LogP contribution in [-0.4, -0.2) is 23.3 Å². The van der Waals surface area contributed by atoms with Crippen molar-refractivity contribution < 1.29 is 14.3 Å². The first-order chi connectivity index (χ1) is 10.9. The van der Waals surface area contributed by atoms with Gasteiger partial charge in [0.1, 0.15) is 5.60 Å². The van der Waals surface area contributed by atoms with Crippen LogP contribution in [0.4, 0.5) is 0 Å². The maximum atomic E-state index is 11.8. The fourth-order valence-corrected chi connectivity index (χ4v) is 6.45. The van der Waals surface area contributed by atoms with Crippen molar-refractivity contribution in [1.82, 2.24) is 0 Å². The molecule has 2 saturated carbocycles. The minimum absolute atomic E-state index is 0.00930. The molecule has 0 aromatic carbocycles. The van der Waals surface area contributed by atoms with Gasteiger partial charge in [-0.05, 0) is 69.6 Å². The van der Waals surface area contributed by atoms with Crippen molar-refractivity contribution in [3.8, 4) is 0 Å². The summed E-state index contributed by atoms with van der Waals surface area (Å²) in [6.45, 7) is 15.4. The molecule has 0 bridgehead atoms. The van der Waals surface area contributed by atoms with Crippen LogP contribution in [0, 0.1) is 22.7 Å². The minimum Gasteiger partial charge on any atom is -0.459 e. The molecule has 0 radical (unpaired) electrons. The lowest BCUT2D eigenvalue weighted by atomic mass is 9.45. The molecule has 1 saturated heterocycles. The van der Waals surface area contributed by atoms with E-state index < -0.39 is 0 Å². The molecule has 2 aliphatic carbocycles. The van der Waals surface area contributed by atoms with Gasteiger partial charge in [-0.3, -0.25) is 4.79 Å². The molecule has 3 fully saturated rings. The third kappa shape index (κ3) is 2.91. The summed E-state index contributed by atoms with van der Waals surface area (Å²) in [5.41, 5.74) is 0.242. The van der Waals surface area contributed by atoms with Crippen LogP contribution >= 0.6 is 0 Å². The van der Waals surface area contributed by atoms with Crippen molar-refractivity contribution >= 4 is 5.97 Å². The molecule has 0 unspecified atom stereocenters. The first-order valence-electron chi connectivity index (χ1n) is 9.78. The van der Waals surface area contributed by atoms with Gasteiger partial charge in [-0.25, -0.2) is 0 Å². The van der Waals surface area contributed by atoms with Gasteiger partial charge in [0.2, 0.25) is 0 Å². The molecular formula is C21H36O3. The molecule has 0 spiro atoms. The van der Waals surface area contributed by atoms with Gasteiger partial charge in [-0.15, -0.1) is 0 Å². The average Bonchev–Trinajstić information content (AvgIpc) is 2.99. The topological polar surface area (TPSA) is 38.8 Å². The zero-order valence-corrected chi connectivity index (χ0v) is 16.7. The van der Waals surface area contributed by atoms with Crippen molar-refractivity contribution in [1.29, 1.82) is 0 Å². The Kier molecular flexibility index (Phi) is 4.15. The zero-order valence-electron chi connectivity index (χ0n) is 16.7. The number of epoxide rings is 1. The number of ether oxygens (including phenoxy) is 2. The summed E-state index contributed by atoms with van der Waals surface area (Å²) in [6.07, 6.45) is 7.30. The van der Waals surface area contributed by atoms with E-state index in [1.54, 1.807) is 6.92 Å². The Hall–Kier alpha value is -0.570. The van der Waals surface area contributed by atoms with Crippen molar-refractivity contribution in [2.24, 2.45) is 22.7 Å². The molecule has 0 N–H and O–H groups in total. The van der Waals surface area contributed by atoms with E-state index in [9.17, 15) is 4.79 Å². The number of carbonyl (C=O) groups excluding carboxylic acids is 1. The number of esters is 1. The third-order valence-electron chi connectivity index (χ3n) is 7.73. The highest BCUT2D eigenvalue weighted by Crippen LogP contribution is 2.64. The van der Waals surface area contributed by atoms with Crippen LogP contribution in [0.3, 0.4) is 0 Å². The van der Waals surface area contributed by atoms with Crippen molar-refractivity contribution in [2.45, 2.75) is 104 Å². The van der Waals surface area contributed by atoms with Crippen molar-refractivity contribution in [3.05, 3.63) is 0 Å². The van der Waals surface area contributed by atoms with Crippen molar-refractivity contribution in [3.63, 3.8) is 0 Å². The highest BCUT2D eigenvalue weighted by atomic mass is 16.6. The Bertz CT molecular complexity index is 523. The van der Waals surface area contributed by atoms with Crippen LogP contribution in [0.25, 0.3) is 0 Å². The molecule has 5 atom stereocenters. The molecule has 0 aromatic heterocycles. The quantitative estimate of drug-likeness (QED) is 0.530. The lowest BCUT2D eigenvalue weighted by molar-refractivity contribution is -0.200. The van der Waals surface area contributed by atoms with Gasteiger partial charge in [0.15, 0.2) is 0 Å². The van der Waals surface area contributed by atoms with E-state index in [4.69, 9.17) is 9.47 Å². The largest absolute Gasteiger partial charge is 0.459 e. The second-order valence-electron chi connectivity index (χ2n) is 10.3. The van der Waals surface area contributed by atoms with Gasteiger partial charge in [0, 0.05) is 12.8 Å². The molecule has 1 heterocycles. The van der Waals surface area contributed by atoms with E-state index in [1.807, 2.05) is 0 Å². The fourth-order valence-electron chi connectivity index (χ4n) is 6.45. The molecule has 3 heteroatoms. The lowest BCUT2D eigenvalue weighted by Crippen LogP contribution is -2.59. The summed E-state index contributed by atoms with van der Waals surface area (Å²) >= 11 is 0. The lowest BCUT2D eigenvalue weighted by Gasteiger charge is -2.61. The smallest absolute Gasteiger partial charge is 0.303 e. The predicted octanol–water partition coefficient (Wildman–Crippen LogP) is 5.12. The van der Waals surface area contributed by atoms with Crippen LogP contribution in [0.5, 0.6) is 0 Å². The van der Waals surface area contributed by atoms with E-state index in [1.165, 1.54) is 25.7 Å². The first kappa shape index (κ1) is 18.2. The fraction of sp³-hybridized carbons (Fsp3) is 0.952. The van der Waals surface area contributed by atoms with Crippen LogP contribution in [0.2, 0.25) is 0 Å². The van der Waals surface area contributed by atoms with Gasteiger partial charge >= 0.3 is 5.97 Å². The Morgan fingerprint density at radius 1 is 1.08 bits per heavy atom.